The second-order valence-corrected chi connectivity index (χ2v) is 10.4. The van der Waals surface area contributed by atoms with Crippen LogP contribution in [0.5, 0.6) is 5.75 Å². The number of H-pyrrole nitrogens is 1. The summed E-state index contributed by atoms with van der Waals surface area (Å²) in [5, 5.41) is 2.76. The van der Waals surface area contributed by atoms with E-state index in [1.165, 1.54) is 0 Å². The maximum Gasteiger partial charge on any atom is 0.407 e. The first kappa shape index (κ1) is 25.3. The number of rotatable bonds is 5. The second kappa shape index (κ2) is 10.6. The Balaban J connectivity index is 1.24. The Labute approximate surface area is 222 Å². The van der Waals surface area contributed by atoms with Gasteiger partial charge in [0.15, 0.2) is 0 Å². The number of fused-ring (bicyclic) bond motifs is 2. The highest BCUT2D eigenvalue weighted by Gasteiger charge is 2.22. The molecule has 3 aromatic carbocycles. The first-order valence-corrected chi connectivity index (χ1v) is 12.8. The molecule has 0 fully saturated rings. The fourth-order valence-electron chi connectivity index (χ4n) is 4.48. The molecule has 0 spiro atoms. The normalized spacial score (nSPS) is 13.4. The van der Waals surface area contributed by atoms with E-state index < -0.39 is 11.7 Å². The summed E-state index contributed by atoms with van der Waals surface area (Å²) in [7, 11) is 0. The zero-order valence-electron chi connectivity index (χ0n) is 21.9. The van der Waals surface area contributed by atoms with E-state index in [9.17, 15) is 9.59 Å². The van der Waals surface area contributed by atoms with Crippen molar-refractivity contribution in [3.05, 3.63) is 83.7 Å². The largest absolute Gasteiger partial charge is 0.491 e. The van der Waals surface area contributed by atoms with Gasteiger partial charge in [-0.3, -0.25) is 4.79 Å². The van der Waals surface area contributed by atoms with Crippen molar-refractivity contribution in [2.45, 2.75) is 39.3 Å². The summed E-state index contributed by atoms with van der Waals surface area (Å²) < 4.78 is 11.2. The highest BCUT2D eigenvalue weighted by molar-refractivity contribution is 5.94. The van der Waals surface area contributed by atoms with Crippen LogP contribution in [-0.4, -0.2) is 52.2 Å². The van der Waals surface area contributed by atoms with Gasteiger partial charge in [-0.15, -0.1) is 0 Å². The molecule has 0 aliphatic carbocycles. The topological polar surface area (TPSA) is 96.6 Å². The molecule has 2 N–H and O–H groups in total. The molecule has 1 aliphatic heterocycles. The average Bonchev–Trinajstić information content (AvgIpc) is 3.25. The third-order valence-electron chi connectivity index (χ3n) is 6.36. The van der Waals surface area contributed by atoms with Crippen LogP contribution in [0.2, 0.25) is 0 Å². The van der Waals surface area contributed by atoms with Crippen LogP contribution in [0.1, 0.15) is 42.3 Å². The van der Waals surface area contributed by atoms with E-state index in [-0.39, 0.29) is 5.91 Å². The Bertz CT molecular complexity index is 1450. The minimum absolute atomic E-state index is 0.0378. The summed E-state index contributed by atoms with van der Waals surface area (Å²) in [5.41, 5.74) is 6.14. The van der Waals surface area contributed by atoms with Crippen molar-refractivity contribution in [1.29, 1.82) is 0 Å². The number of aromatic amines is 1. The van der Waals surface area contributed by atoms with Crippen LogP contribution in [0.15, 0.2) is 67.0 Å². The minimum atomic E-state index is -0.527. The molecule has 0 saturated heterocycles. The SMILES string of the molecule is CC(C)(C)OC(=O)NCCc1ccc(C(=O)N2CCOc3ccc(-c4ccc5nc[nH]c5c4)cc3C2)cc1. The lowest BCUT2D eigenvalue weighted by molar-refractivity contribution is 0.0528. The standard InChI is InChI=1S/C30H32N4O4/c1-30(2,3)38-29(36)31-13-12-20-4-6-21(7-5-20)28(35)34-14-15-37-27-11-9-22(16-24(27)18-34)23-8-10-25-26(17-23)33-19-32-25/h4-11,16-17,19H,12-15,18H2,1-3H3,(H,31,36)(H,32,33). The Morgan fingerprint density at radius 1 is 1.05 bits per heavy atom. The van der Waals surface area contributed by atoms with Gasteiger partial charge in [0, 0.05) is 24.2 Å². The number of aromatic nitrogens is 2. The third-order valence-corrected chi connectivity index (χ3v) is 6.36. The zero-order valence-corrected chi connectivity index (χ0v) is 21.9. The quantitative estimate of drug-likeness (QED) is 0.377. The Morgan fingerprint density at radius 3 is 2.61 bits per heavy atom. The first-order valence-electron chi connectivity index (χ1n) is 12.8. The number of carbonyl (C=O) groups excluding carboxylic acids is 2. The van der Waals surface area contributed by atoms with Crippen LogP contribution in [0, 0.1) is 0 Å². The van der Waals surface area contributed by atoms with Crippen molar-refractivity contribution >= 4 is 23.0 Å². The van der Waals surface area contributed by atoms with Gasteiger partial charge < -0.3 is 24.7 Å². The number of ether oxygens (including phenoxy) is 2. The fourth-order valence-corrected chi connectivity index (χ4v) is 4.48. The molecule has 5 rings (SSSR count). The molecular formula is C30H32N4O4. The van der Waals surface area contributed by atoms with Crippen molar-refractivity contribution in [2.75, 3.05) is 19.7 Å². The summed E-state index contributed by atoms with van der Waals surface area (Å²) >= 11 is 0. The van der Waals surface area contributed by atoms with Crippen LogP contribution in [0.3, 0.4) is 0 Å². The summed E-state index contributed by atoms with van der Waals surface area (Å²) in [4.78, 5) is 34.5. The van der Waals surface area contributed by atoms with Crippen molar-refractivity contribution in [1.82, 2.24) is 20.2 Å². The molecule has 8 heteroatoms. The van der Waals surface area contributed by atoms with Crippen molar-refractivity contribution in [3.8, 4) is 16.9 Å². The summed E-state index contributed by atoms with van der Waals surface area (Å²) in [6.45, 7) is 7.36. The number of amides is 2. The predicted octanol–water partition coefficient (Wildman–Crippen LogP) is 5.33. The number of nitrogens with zero attached hydrogens (tertiary/aromatic N) is 2. The van der Waals surface area contributed by atoms with Crippen LogP contribution < -0.4 is 10.1 Å². The van der Waals surface area contributed by atoms with E-state index in [4.69, 9.17) is 9.47 Å². The van der Waals surface area contributed by atoms with Crippen molar-refractivity contribution in [2.24, 2.45) is 0 Å². The number of nitrogens with one attached hydrogen (secondary N) is 2. The van der Waals surface area contributed by atoms with E-state index in [1.54, 1.807) is 6.33 Å². The molecule has 0 radical (unpaired) electrons. The van der Waals surface area contributed by atoms with Gasteiger partial charge in [-0.25, -0.2) is 9.78 Å². The van der Waals surface area contributed by atoms with Crippen LogP contribution in [0.4, 0.5) is 4.79 Å². The summed E-state index contributed by atoms with van der Waals surface area (Å²) in [6, 6.07) is 19.8. The second-order valence-electron chi connectivity index (χ2n) is 10.4. The fraction of sp³-hybridized carbons (Fsp3) is 0.300. The highest BCUT2D eigenvalue weighted by atomic mass is 16.6. The lowest BCUT2D eigenvalue weighted by Crippen LogP contribution is -2.33. The molecule has 1 aliphatic rings. The van der Waals surface area contributed by atoms with E-state index in [0.29, 0.717) is 38.2 Å². The minimum Gasteiger partial charge on any atom is -0.491 e. The van der Waals surface area contributed by atoms with Crippen molar-refractivity contribution < 1.29 is 19.1 Å². The van der Waals surface area contributed by atoms with Crippen molar-refractivity contribution in [3.63, 3.8) is 0 Å². The maximum absolute atomic E-state index is 13.4. The zero-order chi connectivity index (χ0) is 26.7. The molecule has 196 valence electrons. The number of benzene rings is 3. The molecule has 0 atom stereocenters. The van der Waals surface area contributed by atoms with Gasteiger partial charge in [-0.1, -0.05) is 24.3 Å². The molecule has 0 bridgehead atoms. The Kier molecular flexibility index (Phi) is 7.05. The summed E-state index contributed by atoms with van der Waals surface area (Å²) in [5.74, 6) is 0.767. The molecule has 2 amide bonds. The maximum atomic E-state index is 13.4. The van der Waals surface area contributed by atoms with Gasteiger partial charge in [0.05, 0.1) is 23.9 Å². The van der Waals surface area contributed by atoms with Crippen LogP contribution in [0.25, 0.3) is 22.2 Å². The van der Waals surface area contributed by atoms with Crippen LogP contribution in [-0.2, 0) is 17.7 Å². The molecule has 0 saturated carbocycles. The van der Waals surface area contributed by atoms with E-state index >= 15 is 0 Å². The van der Waals surface area contributed by atoms with Gasteiger partial charge >= 0.3 is 6.09 Å². The van der Waals surface area contributed by atoms with Gasteiger partial charge in [-0.2, -0.15) is 0 Å². The van der Waals surface area contributed by atoms with E-state index in [2.05, 4.69) is 33.5 Å². The molecule has 4 aromatic rings. The lowest BCUT2D eigenvalue weighted by Gasteiger charge is -2.20. The van der Waals surface area contributed by atoms with Gasteiger partial charge in [0.1, 0.15) is 18.0 Å². The molecule has 2 heterocycles. The number of hydrogen-bond acceptors (Lipinski definition) is 5. The number of imidazole rings is 1. The highest BCUT2D eigenvalue weighted by Crippen LogP contribution is 2.31. The predicted molar refractivity (Wildman–Crippen MR) is 146 cm³/mol. The molecule has 8 nitrogen and oxygen atoms in total. The number of alkyl carbamates (subject to hydrolysis) is 1. The van der Waals surface area contributed by atoms with E-state index in [1.807, 2.05) is 68.1 Å². The monoisotopic (exact) mass is 512 g/mol. The lowest BCUT2D eigenvalue weighted by atomic mass is 10.0. The Hall–Kier alpha value is -4.33. The van der Waals surface area contributed by atoms with Gasteiger partial charge in [0.25, 0.3) is 5.91 Å². The average molecular weight is 513 g/mol. The van der Waals surface area contributed by atoms with Gasteiger partial charge in [-0.05, 0) is 80.3 Å². The van der Waals surface area contributed by atoms with E-state index in [0.717, 1.165) is 39.0 Å². The number of hydrogen-bond donors (Lipinski definition) is 2. The molecule has 38 heavy (non-hydrogen) atoms. The third kappa shape index (κ3) is 5.96. The molecule has 1 aromatic heterocycles. The molecule has 0 unspecified atom stereocenters. The Morgan fingerprint density at radius 2 is 1.82 bits per heavy atom. The van der Waals surface area contributed by atoms with Gasteiger partial charge in [0.2, 0.25) is 0 Å². The smallest absolute Gasteiger partial charge is 0.407 e. The first-order chi connectivity index (χ1) is 18.2. The number of carbonyl (C=O) groups is 2. The summed E-state index contributed by atoms with van der Waals surface area (Å²) in [6.07, 6.45) is 1.90. The molecular weight excluding hydrogens is 480 g/mol. The van der Waals surface area contributed by atoms with Crippen LogP contribution >= 0.6 is 0 Å².